The molecule has 0 bridgehead atoms. The summed E-state index contributed by atoms with van der Waals surface area (Å²) in [5, 5.41) is 0.368. The molecule has 100 valence electrons. The van der Waals surface area contributed by atoms with E-state index in [4.69, 9.17) is 51.1 Å². The number of rotatable bonds is 0. The van der Waals surface area contributed by atoms with Gasteiger partial charge < -0.3 is 4.74 Å². The molecule has 0 aromatic carbocycles. The molecule has 1 saturated heterocycles. The van der Waals surface area contributed by atoms with Gasteiger partial charge in [-0.15, -0.1) is 0 Å². The van der Waals surface area contributed by atoms with Crippen LogP contribution in [0.3, 0.4) is 0 Å². The summed E-state index contributed by atoms with van der Waals surface area (Å²) < 4.78 is 6.21. The average Bonchev–Trinajstić information content (AvgIpc) is 2.81. The van der Waals surface area contributed by atoms with Gasteiger partial charge in [0, 0.05) is 5.92 Å². The fourth-order valence-corrected chi connectivity index (χ4v) is 6.36. The zero-order chi connectivity index (χ0) is 13.3. The summed E-state index contributed by atoms with van der Waals surface area (Å²) in [5.74, 6) is 2.42. The van der Waals surface area contributed by atoms with E-state index in [0.717, 1.165) is 18.3 Å². The van der Waals surface area contributed by atoms with Crippen molar-refractivity contribution in [2.45, 2.75) is 18.1 Å². The first kappa shape index (κ1) is 11.9. The van der Waals surface area contributed by atoms with Crippen molar-refractivity contribution in [3.63, 3.8) is 0 Å². The van der Waals surface area contributed by atoms with Gasteiger partial charge in [0.25, 0.3) is 0 Å². The van der Waals surface area contributed by atoms with Gasteiger partial charge in [0.1, 0.15) is 15.7 Å². The highest BCUT2D eigenvalue weighted by Gasteiger charge is 2.84. The standard InChI is InChI=1S/C13H8Cl4O2/c14-7-9(18)8(15)12(17)13(11(7)16)3-1-2-4-5(2)10(19-13)6(3)4/h2-6,10H,1H2/t2-,3+,4+,5-,6+,10-/m1/s1. The third-order valence-electron chi connectivity index (χ3n) is 5.77. The molecule has 19 heavy (non-hydrogen) atoms. The Bertz CT molecular complexity index is 583. The zero-order valence-corrected chi connectivity index (χ0v) is 12.5. The van der Waals surface area contributed by atoms with E-state index >= 15 is 0 Å². The van der Waals surface area contributed by atoms with Gasteiger partial charge in [-0.1, -0.05) is 46.4 Å². The van der Waals surface area contributed by atoms with Crippen molar-refractivity contribution in [1.82, 2.24) is 0 Å². The van der Waals surface area contributed by atoms with Gasteiger partial charge in [-0.2, -0.15) is 0 Å². The van der Waals surface area contributed by atoms with Gasteiger partial charge >= 0.3 is 0 Å². The molecule has 1 spiro atoms. The maximum absolute atomic E-state index is 11.9. The molecule has 0 radical (unpaired) electrons. The van der Waals surface area contributed by atoms with Crippen molar-refractivity contribution in [2.75, 3.05) is 0 Å². The Morgan fingerprint density at radius 1 is 1.00 bits per heavy atom. The number of halogens is 4. The zero-order valence-electron chi connectivity index (χ0n) is 9.50. The Hall–Kier alpha value is 0.270. The number of allylic oxidation sites excluding steroid dienone is 2. The van der Waals surface area contributed by atoms with E-state index in [-0.39, 0.29) is 32.2 Å². The van der Waals surface area contributed by atoms with Gasteiger partial charge in [-0.25, -0.2) is 0 Å². The average molecular weight is 338 g/mol. The van der Waals surface area contributed by atoms with Crippen molar-refractivity contribution in [2.24, 2.45) is 29.6 Å². The lowest BCUT2D eigenvalue weighted by Crippen LogP contribution is -2.41. The lowest BCUT2D eigenvalue weighted by atomic mass is 9.68. The van der Waals surface area contributed by atoms with E-state index in [2.05, 4.69) is 0 Å². The molecule has 5 rings (SSSR count). The molecule has 1 heterocycles. The largest absolute Gasteiger partial charge is 0.359 e. The first-order chi connectivity index (χ1) is 9.00. The van der Waals surface area contributed by atoms with Crippen LogP contribution in [-0.4, -0.2) is 17.5 Å². The number of carbonyl (C=O) groups excluding carboxylic acids is 1. The number of hydrogen-bond acceptors (Lipinski definition) is 2. The number of fused-ring (bicyclic) bond motifs is 3. The molecular formula is C13H8Cl4O2. The number of carbonyl (C=O) groups is 1. The first-order valence-electron chi connectivity index (χ1n) is 6.34. The van der Waals surface area contributed by atoms with Crippen LogP contribution in [0.25, 0.3) is 0 Å². The summed E-state index contributed by atoms with van der Waals surface area (Å²) in [4.78, 5) is 11.9. The molecule has 0 unspecified atom stereocenters. The van der Waals surface area contributed by atoms with Crippen molar-refractivity contribution < 1.29 is 9.53 Å². The molecule has 4 aliphatic carbocycles. The van der Waals surface area contributed by atoms with Crippen LogP contribution < -0.4 is 0 Å². The fraction of sp³-hybridized carbons (Fsp3) is 0.615. The van der Waals surface area contributed by atoms with Crippen LogP contribution >= 0.6 is 46.4 Å². The number of ether oxygens (including phenoxy) is 1. The Morgan fingerprint density at radius 2 is 1.63 bits per heavy atom. The maximum Gasteiger partial charge on any atom is 0.218 e. The SMILES string of the molecule is O=C1C(Cl)=C(Cl)C2(O[C@H]3[C@@H]4[C@H]5[C@@H](C[C@@H]42)[C@@H]35)C(Cl)=C1Cl. The second kappa shape index (κ2) is 3.20. The van der Waals surface area contributed by atoms with Gasteiger partial charge in [-0.05, 0) is 30.1 Å². The number of Topliss-reactive ketones (excluding diaryl/α,β-unsaturated/α-hetero) is 1. The van der Waals surface area contributed by atoms with E-state index in [1.54, 1.807) is 0 Å². The van der Waals surface area contributed by atoms with Crippen LogP contribution in [0.15, 0.2) is 20.1 Å². The normalized spacial score (nSPS) is 51.9. The molecule has 0 amide bonds. The van der Waals surface area contributed by atoms with E-state index in [0.29, 0.717) is 11.8 Å². The monoisotopic (exact) mass is 336 g/mol. The lowest BCUT2D eigenvalue weighted by molar-refractivity contribution is -0.112. The summed E-state index contributed by atoms with van der Waals surface area (Å²) >= 11 is 24.8. The predicted molar refractivity (Wildman–Crippen MR) is 72.1 cm³/mol. The van der Waals surface area contributed by atoms with Crippen LogP contribution in [-0.2, 0) is 9.53 Å². The Balaban J connectivity index is 1.74. The summed E-state index contributed by atoms with van der Waals surface area (Å²) in [6, 6.07) is 0. The molecule has 5 aliphatic rings. The van der Waals surface area contributed by atoms with Crippen LogP contribution in [0.1, 0.15) is 6.42 Å². The van der Waals surface area contributed by atoms with Crippen LogP contribution in [0, 0.1) is 29.6 Å². The van der Waals surface area contributed by atoms with E-state index in [9.17, 15) is 4.79 Å². The Labute approximate surface area is 129 Å². The fourth-order valence-electron chi connectivity index (χ4n) is 5.07. The van der Waals surface area contributed by atoms with Crippen molar-refractivity contribution in [1.29, 1.82) is 0 Å². The van der Waals surface area contributed by atoms with E-state index in [1.807, 2.05) is 0 Å². The highest BCUT2D eigenvalue weighted by atomic mass is 35.5. The Kier molecular flexibility index (Phi) is 2.00. The minimum Gasteiger partial charge on any atom is -0.359 e. The molecule has 2 nitrogen and oxygen atoms in total. The molecule has 6 heteroatoms. The van der Waals surface area contributed by atoms with Gasteiger partial charge in [0.15, 0.2) is 0 Å². The minimum atomic E-state index is -0.946. The number of hydrogen-bond donors (Lipinski definition) is 0. The molecular weight excluding hydrogens is 330 g/mol. The second-order valence-corrected chi connectivity index (χ2v) is 7.65. The maximum atomic E-state index is 11.9. The molecule has 1 aliphatic heterocycles. The third kappa shape index (κ3) is 1.01. The van der Waals surface area contributed by atoms with Crippen LogP contribution in [0.2, 0.25) is 0 Å². The molecule has 0 aromatic rings. The molecule has 0 aromatic heterocycles. The minimum absolute atomic E-state index is 0.0455. The molecule has 4 fully saturated rings. The molecule has 3 saturated carbocycles. The summed E-state index contributed by atoms with van der Waals surface area (Å²) in [7, 11) is 0. The van der Waals surface area contributed by atoms with Crippen molar-refractivity contribution >= 4 is 52.2 Å². The lowest BCUT2D eigenvalue weighted by Gasteiger charge is -2.36. The summed E-state index contributed by atoms with van der Waals surface area (Å²) in [6.45, 7) is 0. The van der Waals surface area contributed by atoms with Gasteiger partial charge in [-0.3, -0.25) is 4.79 Å². The smallest absolute Gasteiger partial charge is 0.218 e. The first-order valence-corrected chi connectivity index (χ1v) is 7.85. The molecule has 0 N–H and O–H groups in total. The van der Waals surface area contributed by atoms with Crippen molar-refractivity contribution in [3.05, 3.63) is 20.1 Å². The predicted octanol–water partition coefficient (Wildman–Crippen LogP) is 3.60. The highest BCUT2D eigenvalue weighted by molar-refractivity contribution is 6.61. The quantitative estimate of drug-likeness (QED) is 0.675. The summed E-state index contributed by atoms with van der Waals surface area (Å²) in [5.41, 5.74) is -0.946. The second-order valence-electron chi connectivity index (χ2n) is 6.14. The molecule has 6 atom stereocenters. The highest BCUT2D eigenvalue weighted by Crippen LogP contribution is 2.82. The third-order valence-corrected chi connectivity index (χ3v) is 7.62. The topological polar surface area (TPSA) is 26.3 Å². The van der Waals surface area contributed by atoms with Gasteiger partial charge in [0.2, 0.25) is 5.78 Å². The van der Waals surface area contributed by atoms with Crippen molar-refractivity contribution in [3.8, 4) is 0 Å². The summed E-state index contributed by atoms with van der Waals surface area (Å²) in [6.07, 6.45) is 1.27. The van der Waals surface area contributed by atoms with Crippen LogP contribution in [0.4, 0.5) is 0 Å². The van der Waals surface area contributed by atoms with Crippen LogP contribution in [0.5, 0.6) is 0 Å². The van der Waals surface area contributed by atoms with Gasteiger partial charge in [0.05, 0.1) is 16.2 Å². The van der Waals surface area contributed by atoms with E-state index in [1.165, 1.54) is 0 Å². The number of ketones is 1. The Morgan fingerprint density at radius 3 is 2.16 bits per heavy atom. The van der Waals surface area contributed by atoms with E-state index < -0.39 is 11.4 Å².